The second-order valence-corrected chi connectivity index (χ2v) is 6.75. The molecule has 1 heterocycles. The molecule has 2 amide bonds. The summed E-state index contributed by atoms with van der Waals surface area (Å²) in [6, 6.07) is 4.97. The molecule has 0 bridgehead atoms. The Bertz CT molecular complexity index is 565. The molecule has 1 fully saturated rings. The highest BCUT2D eigenvalue weighted by Crippen LogP contribution is 2.24. The van der Waals surface area contributed by atoms with E-state index in [0.717, 1.165) is 24.9 Å². The van der Waals surface area contributed by atoms with Crippen LogP contribution >= 0.6 is 0 Å². The van der Waals surface area contributed by atoms with Gasteiger partial charge in [-0.3, -0.25) is 0 Å². The highest BCUT2D eigenvalue weighted by molar-refractivity contribution is 5.74. The molecule has 1 aliphatic rings. The molecule has 0 aliphatic carbocycles. The molecule has 0 aromatic heterocycles. The van der Waals surface area contributed by atoms with E-state index in [4.69, 9.17) is 0 Å². The fourth-order valence-corrected chi connectivity index (χ4v) is 2.95. The number of hydrogen-bond donors (Lipinski definition) is 2. The standard InChI is InChI=1S/C18H28FN3O2/c1-13-6-7-16(19)17(11-13)22-9-4-5-15(12-22)20-18(24)21(3)10-8-14(2)23/h6-7,11,14-15,23H,4-5,8-10,12H2,1-3H3,(H,20,24). The van der Waals surface area contributed by atoms with Gasteiger partial charge in [-0.15, -0.1) is 0 Å². The van der Waals surface area contributed by atoms with E-state index in [1.54, 1.807) is 24.9 Å². The molecule has 2 atom stereocenters. The number of aliphatic hydroxyl groups is 1. The van der Waals surface area contributed by atoms with Crippen molar-refractivity contribution >= 4 is 11.7 Å². The number of nitrogens with one attached hydrogen (secondary N) is 1. The Labute approximate surface area is 143 Å². The van der Waals surface area contributed by atoms with Crippen LogP contribution in [-0.2, 0) is 0 Å². The SMILES string of the molecule is Cc1ccc(F)c(N2CCCC(NC(=O)N(C)CCC(C)O)C2)c1. The number of amides is 2. The van der Waals surface area contributed by atoms with Gasteiger partial charge in [0.25, 0.3) is 0 Å². The highest BCUT2D eigenvalue weighted by Gasteiger charge is 2.24. The van der Waals surface area contributed by atoms with E-state index in [2.05, 4.69) is 5.32 Å². The number of piperidine rings is 1. The van der Waals surface area contributed by atoms with Gasteiger partial charge in [0, 0.05) is 32.7 Å². The fourth-order valence-electron chi connectivity index (χ4n) is 2.95. The monoisotopic (exact) mass is 337 g/mol. The Kier molecular flexibility index (Phi) is 6.43. The van der Waals surface area contributed by atoms with Crippen LogP contribution in [-0.4, -0.2) is 54.9 Å². The predicted octanol–water partition coefficient (Wildman–Crippen LogP) is 2.52. The second-order valence-electron chi connectivity index (χ2n) is 6.75. The summed E-state index contributed by atoms with van der Waals surface area (Å²) < 4.78 is 14.1. The van der Waals surface area contributed by atoms with Crippen molar-refractivity contribution in [2.45, 2.75) is 45.3 Å². The van der Waals surface area contributed by atoms with Crippen molar-refractivity contribution in [2.75, 3.05) is 31.6 Å². The number of aliphatic hydroxyl groups excluding tert-OH is 1. The first-order valence-electron chi connectivity index (χ1n) is 8.57. The van der Waals surface area contributed by atoms with E-state index in [1.165, 1.54) is 6.07 Å². The lowest BCUT2D eigenvalue weighted by atomic mass is 10.0. The Morgan fingerprint density at radius 1 is 1.54 bits per heavy atom. The Morgan fingerprint density at radius 3 is 3.00 bits per heavy atom. The zero-order valence-corrected chi connectivity index (χ0v) is 14.8. The Morgan fingerprint density at radius 2 is 2.29 bits per heavy atom. The van der Waals surface area contributed by atoms with Gasteiger partial charge in [-0.1, -0.05) is 6.07 Å². The summed E-state index contributed by atoms with van der Waals surface area (Å²) in [6.07, 6.45) is 1.93. The van der Waals surface area contributed by atoms with Gasteiger partial charge in [-0.2, -0.15) is 0 Å². The molecule has 0 saturated carbocycles. The van der Waals surface area contributed by atoms with Crippen LogP contribution in [0.1, 0.15) is 31.7 Å². The van der Waals surface area contributed by atoms with Crippen LogP contribution in [0.2, 0.25) is 0 Å². The first kappa shape index (κ1) is 18.5. The van der Waals surface area contributed by atoms with Crippen molar-refractivity contribution in [3.8, 4) is 0 Å². The van der Waals surface area contributed by atoms with Gasteiger partial charge in [0.15, 0.2) is 0 Å². The molecule has 2 N–H and O–H groups in total. The number of anilines is 1. The summed E-state index contributed by atoms with van der Waals surface area (Å²) >= 11 is 0. The van der Waals surface area contributed by atoms with Crippen LogP contribution in [0, 0.1) is 12.7 Å². The molecular formula is C18H28FN3O2. The smallest absolute Gasteiger partial charge is 0.317 e. The topological polar surface area (TPSA) is 55.8 Å². The number of aryl methyl sites for hydroxylation is 1. The van der Waals surface area contributed by atoms with Gasteiger partial charge in [0.1, 0.15) is 5.82 Å². The largest absolute Gasteiger partial charge is 0.393 e. The van der Waals surface area contributed by atoms with Crippen LogP contribution in [0.5, 0.6) is 0 Å². The summed E-state index contributed by atoms with van der Waals surface area (Å²) in [5.74, 6) is -0.221. The molecule has 5 nitrogen and oxygen atoms in total. The summed E-state index contributed by atoms with van der Waals surface area (Å²) in [6.45, 7) is 5.57. The van der Waals surface area contributed by atoms with E-state index in [9.17, 15) is 14.3 Å². The lowest BCUT2D eigenvalue weighted by molar-refractivity contribution is 0.162. The van der Waals surface area contributed by atoms with Gasteiger partial charge < -0.3 is 20.2 Å². The summed E-state index contributed by atoms with van der Waals surface area (Å²) in [4.78, 5) is 15.8. The third-order valence-corrected chi connectivity index (χ3v) is 4.42. The molecule has 1 aliphatic heterocycles. The first-order valence-corrected chi connectivity index (χ1v) is 8.57. The maximum Gasteiger partial charge on any atom is 0.317 e. The van der Waals surface area contributed by atoms with E-state index in [-0.39, 0.29) is 17.9 Å². The van der Waals surface area contributed by atoms with Crippen LogP contribution in [0.25, 0.3) is 0 Å². The molecule has 24 heavy (non-hydrogen) atoms. The lowest BCUT2D eigenvalue weighted by Crippen LogP contribution is -2.51. The van der Waals surface area contributed by atoms with Crippen molar-refractivity contribution in [3.05, 3.63) is 29.6 Å². The number of nitrogens with zero attached hydrogens (tertiary/aromatic N) is 2. The quantitative estimate of drug-likeness (QED) is 0.868. The molecule has 1 aromatic rings. The zero-order valence-electron chi connectivity index (χ0n) is 14.8. The number of urea groups is 1. The van der Waals surface area contributed by atoms with Crippen molar-refractivity contribution in [1.82, 2.24) is 10.2 Å². The third kappa shape index (κ3) is 5.09. The van der Waals surface area contributed by atoms with Gasteiger partial charge >= 0.3 is 6.03 Å². The van der Waals surface area contributed by atoms with Crippen LogP contribution in [0.4, 0.5) is 14.9 Å². The van der Waals surface area contributed by atoms with E-state index in [0.29, 0.717) is 25.2 Å². The Balaban J connectivity index is 1.93. The average Bonchev–Trinajstić information content (AvgIpc) is 2.55. The maximum absolute atomic E-state index is 14.1. The molecule has 2 unspecified atom stereocenters. The number of halogens is 1. The second kappa shape index (κ2) is 8.33. The van der Waals surface area contributed by atoms with Crippen molar-refractivity contribution in [3.63, 3.8) is 0 Å². The lowest BCUT2D eigenvalue weighted by Gasteiger charge is -2.35. The molecule has 1 saturated heterocycles. The van der Waals surface area contributed by atoms with Crippen molar-refractivity contribution in [2.24, 2.45) is 0 Å². The summed E-state index contributed by atoms with van der Waals surface area (Å²) in [5.41, 5.74) is 1.63. The number of carbonyl (C=O) groups excluding carboxylic acids is 1. The Hall–Kier alpha value is -1.82. The van der Waals surface area contributed by atoms with E-state index >= 15 is 0 Å². The fraction of sp³-hybridized carbons (Fsp3) is 0.611. The number of hydrogen-bond acceptors (Lipinski definition) is 3. The van der Waals surface area contributed by atoms with E-state index in [1.807, 2.05) is 17.9 Å². The summed E-state index contributed by atoms with van der Waals surface area (Å²) in [7, 11) is 1.72. The van der Waals surface area contributed by atoms with Gasteiger partial charge in [0.05, 0.1) is 11.8 Å². The molecule has 0 spiro atoms. The maximum atomic E-state index is 14.1. The van der Waals surface area contributed by atoms with Gasteiger partial charge in [-0.05, 0) is 50.8 Å². The number of rotatable bonds is 5. The molecule has 0 radical (unpaired) electrons. The number of benzene rings is 1. The highest BCUT2D eigenvalue weighted by atomic mass is 19.1. The van der Waals surface area contributed by atoms with E-state index < -0.39 is 6.10 Å². The average molecular weight is 337 g/mol. The normalized spacial score (nSPS) is 19.0. The minimum Gasteiger partial charge on any atom is -0.393 e. The van der Waals surface area contributed by atoms with Crippen LogP contribution in [0.15, 0.2) is 18.2 Å². The summed E-state index contributed by atoms with van der Waals surface area (Å²) in [5, 5.41) is 12.3. The van der Waals surface area contributed by atoms with Crippen molar-refractivity contribution in [1.29, 1.82) is 0 Å². The molecule has 6 heteroatoms. The van der Waals surface area contributed by atoms with Gasteiger partial charge in [0.2, 0.25) is 0 Å². The molecule has 2 rings (SSSR count). The molecule has 134 valence electrons. The molecule has 1 aromatic carbocycles. The van der Waals surface area contributed by atoms with Crippen LogP contribution < -0.4 is 10.2 Å². The first-order chi connectivity index (χ1) is 11.4. The molecular weight excluding hydrogens is 309 g/mol. The zero-order chi connectivity index (χ0) is 17.7. The third-order valence-electron chi connectivity index (χ3n) is 4.42. The van der Waals surface area contributed by atoms with Crippen molar-refractivity contribution < 1.29 is 14.3 Å². The predicted molar refractivity (Wildman–Crippen MR) is 93.8 cm³/mol. The minimum atomic E-state index is -0.422. The number of carbonyl (C=O) groups is 1. The van der Waals surface area contributed by atoms with Crippen LogP contribution in [0.3, 0.4) is 0 Å². The van der Waals surface area contributed by atoms with Gasteiger partial charge in [-0.25, -0.2) is 9.18 Å². The minimum absolute atomic E-state index is 0.000150.